The summed E-state index contributed by atoms with van der Waals surface area (Å²) in [6.45, 7) is 1.62. The van der Waals surface area contributed by atoms with Crippen molar-refractivity contribution < 1.29 is 13.8 Å². The molecule has 4 heteroatoms. The van der Waals surface area contributed by atoms with Crippen LogP contribution in [0, 0.1) is 5.92 Å². The van der Waals surface area contributed by atoms with Gasteiger partial charge in [0.1, 0.15) is 0 Å². The van der Waals surface area contributed by atoms with Crippen LogP contribution < -0.4 is 0 Å². The van der Waals surface area contributed by atoms with Crippen LogP contribution in [0.5, 0.6) is 0 Å². The largest absolute Gasteiger partial charge is 0.284 e. The maximum absolute atomic E-state index is 10.6. The van der Waals surface area contributed by atoms with E-state index in [0.717, 1.165) is 0 Å². The molecule has 0 aromatic rings. The Balaban J connectivity index is 2.90. The summed E-state index contributed by atoms with van der Waals surface area (Å²) in [6.07, 6.45) is 0.158. The lowest BCUT2D eigenvalue weighted by atomic mass is 10.1. The molecule has 50 valence electrons. The highest BCUT2D eigenvalue weighted by molar-refractivity contribution is 8.14. The number of hydrogen-bond donors (Lipinski definition) is 0. The molecule has 3 nitrogen and oxygen atoms in total. The molecule has 1 rings (SSSR count). The van der Waals surface area contributed by atoms with Gasteiger partial charge in [0.2, 0.25) is 10.2 Å². The predicted octanol–water partition coefficient (Wildman–Crippen LogP) is -0.172. The van der Waals surface area contributed by atoms with Crippen molar-refractivity contribution in [3.8, 4) is 0 Å². The molecule has 1 fully saturated rings. The Morgan fingerprint density at radius 3 is 2.22 bits per heavy atom. The summed E-state index contributed by atoms with van der Waals surface area (Å²) < 4.78 is 10.5. The molecule has 0 amide bonds. The lowest BCUT2D eigenvalue weighted by Crippen LogP contribution is -2.06. The van der Waals surface area contributed by atoms with Gasteiger partial charge in [-0.2, -0.15) is 0 Å². The Kier molecular flexibility index (Phi) is 1.48. The molecule has 0 saturated carbocycles. The third kappa shape index (κ3) is 0.941. The standard InChI is InChI=1S/C5H6O3S/c1-3-2-4(6)9(8)5(3)7/h3H,2H2,1H3/t3-,9+/m0/s1. The van der Waals surface area contributed by atoms with Gasteiger partial charge in [-0.1, -0.05) is 6.92 Å². The molecular weight excluding hydrogens is 140 g/mol. The predicted molar refractivity (Wildman–Crippen MR) is 31.9 cm³/mol. The van der Waals surface area contributed by atoms with Crippen molar-refractivity contribution in [3.63, 3.8) is 0 Å². The highest BCUT2D eigenvalue weighted by Crippen LogP contribution is 2.17. The molecular formula is C5H6O3S. The molecule has 0 aliphatic carbocycles. The van der Waals surface area contributed by atoms with Crippen LogP contribution in [0.3, 0.4) is 0 Å². The smallest absolute Gasteiger partial charge is 0.229 e. The van der Waals surface area contributed by atoms with E-state index in [1.807, 2.05) is 0 Å². The molecule has 0 N–H and O–H groups in total. The van der Waals surface area contributed by atoms with E-state index in [1.165, 1.54) is 0 Å². The molecule has 0 bridgehead atoms. The molecule has 0 unspecified atom stereocenters. The van der Waals surface area contributed by atoms with Gasteiger partial charge in [-0.25, -0.2) is 4.21 Å². The summed E-state index contributed by atoms with van der Waals surface area (Å²) in [5.74, 6) is -0.321. The summed E-state index contributed by atoms with van der Waals surface area (Å²) in [4.78, 5) is 21.1. The van der Waals surface area contributed by atoms with Gasteiger partial charge in [-0.05, 0) is 0 Å². The molecule has 1 aliphatic heterocycles. The second-order valence-electron chi connectivity index (χ2n) is 2.06. The van der Waals surface area contributed by atoms with Crippen molar-refractivity contribution in [2.75, 3.05) is 0 Å². The van der Waals surface area contributed by atoms with Gasteiger partial charge >= 0.3 is 0 Å². The van der Waals surface area contributed by atoms with E-state index in [2.05, 4.69) is 0 Å². The first-order chi connectivity index (χ1) is 4.13. The van der Waals surface area contributed by atoms with Crippen molar-refractivity contribution in [1.82, 2.24) is 0 Å². The van der Waals surface area contributed by atoms with Gasteiger partial charge in [-0.15, -0.1) is 0 Å². The van der Waals surface area contributed by atoms with Gasteiger partial charge in [0, 0.05) is 12.3 Å². The number of hydrogen-bond acceptors (Lipinski definition) is 3. The molecule has 1 aliphatic rings. The summed E-state index contributed by atoms with van der Waals surface area (Å²) in [5.41, 5.74) is 0. The van der Waals surface area contributed by atoms with Crippen molar-refractivity contribution >= 4 is 21.0 Å². The van der Waals surface area contributed by atoms with Crippen molar-refractivity contribution in [3.05, 3.63) is 0 Å². The molecule has 0 radical (unpaired) electrons. The number of carbonyl (C=O) groups is 2. The Hall–Kier alpha value is -0.510. The molecule has 2 atom stereocenters. The summed E-state index contributed by atoms with van der Waals surface area (Å²) in [5, 5.41) is -0.840. The third-order valence-corrected chi connectivity index (χ3v) is 2.61. The first-order valence-electron chi connectivity index (χ1n) is 2.61. The van der Waals surface area contributed by atoms with Gasteiger partial charge in [0.15, 0.2) is 10.8 Å². The topological polar surface area (TPSA) is 51.2 Å². The summed E-state index contributed by atoms with van der Waals surface area (Å²) in [6, 6.07) is 0. The van der Waals surface area contributed by atoms with Gasteiger partial charge in [-0.3, -0.25) is 9.59 Å². The number of rotatable bonds is 0. The Morgan fingerprint density at radius 1 is 1.56 bits per heavy atom. The van der Waals surface area contributed by atoms with Gasteiger partial charge < -0.3 is 0 Å². The van der Waals surface area contributed by atoms with Crippen LogP contribution in [0.25, 0.3) is 0 Å². The normalized spacial score (nSPS) is 35.7. The first kappa shape index (κ1) is 6.61. The van der Waals surface area contributed by atoms with Crippen LogP contribution in [-0.2, 0) is 20.4 Å². The first-order valence-corrected chi connectivity index (χ1v) is 3.76. The Bertz CT molecular complexity index is 196. The molecule has 1 saturated heterocycles. The van der Waals surface area contributed by atoms with E-state index in [0.29, 0.717) is 0 Å². The average Bonchev–Trinajstić information content (AvgIpc) is 1.98. The highest BCUT2D eigenvalue weighted by atomic mass is 32.2. The zero-order valence-electron chi connectivity index (χ0n) is 4.92. The second-order valence-corrected chi connectivity index (χ2v) is 3.46. The quantitative estimate of drug-likeness (QED) is 0.476. The minimum Gasteiger partial charge on any atom is -0.284 e. The maximum atomic E-state index is 10.6. The minimum absolute atomic E-state index is 0.158. The zero-order valence-corrected chi connectivity index (χ0v) is 5.73. The zero-order chi connectivity index (χ0) is 7.02. The summed E-state index contributed by atoms with van der Waals surface area (Å²) in [7, 11) is -1.82. The lowest BCUT2D eigenvalue weighted by Gasteiger charge is -1.87. The monoisotopic (exact) mass is 146 g/mol. The van der Waals surface area contributed by atoms with E-state index in [1.54, 1.807) is 6.92 Å². The Morgan fingerprint density at radius 2 is 2.11 bits per heavy atom. The molecule has 9 heavy (non-hydrogen) atoms. The summed E-state index contributed by atoms with van der Waals surface area (Å²) >= 11 is 0. The number of carbonyl (C=O) groups excluding carboxylic acids is 2. The maximum Gasteiger partial charge on any atom is 0.229 e. The molecule has 0 aromatic carbocycles. The van der Waals surface area contributed by atoms with E-state index in [4.69, 9.17) is 0 Å². The fraction of sp³-hybridized carbons (Fsp3) is 0.600. The van der Waals surface area contributed by atoms with Crippen LogP contribution in [0.2, 0.25) is 0 Å². The molecule has 0 aromatic heterocycles. The van der Waals surface area contributed by atoms with E-state index < -0.39 is 21.0 Å². The highest BCUT2D eigenvalue weighted by Gasteiger charge is 2.35. The minimum atomic E-state index is -1.82. The van der Waals surface area contributed by atoms with E-state index >= 15 is 0 Å². The van der Waals surface area contributed by atoms with Crippen LogP contribution in [0.15, 0.2) is 0 Å². The van der Waals surface area contributed by atoms with Crippen LogP contribution in [0.4, 0.5) is 0 Å². The Labute approximate surface area is 54.9 Å². The fourth-order valence-electron chi connectivity index (χ4n) is 0.704. The van der Waals surface area contributed by atoms with Gasteiger partial charge in [0.25, 0.3) is 0 Å². The molecule has 0 spiro atoms. The van der Waals surface area contributed by atoms with Crippen LogP contribution >= 0.6 is 0 Å². The van der Waals surface area contributed by atoms with Gasteiger partial charge in [0.05, 0.1) is 0 Å². The molecule has 1 heterocycles. The SMILES string of the molecule is C[C@H]1CC(=O)[S@@](=O)C1=O. The second kappa shape index (κ2) is 2.02. The van der Waals surface area contributed by atoms with Crippen molar-refractivity contribution in [2.45, 2.75) is 13.3 Å². The van der Waals surface area contributed by atoms with E-state index in [-0.39, 0.29) is 12.3 Å². The average molecular weight is 146 g/mol. The van der Waals surface area contributed by atoms with Crippen molar-refractivity contribution in [2.24, 2.45) is 5.92 Å². The van der Waals surface area contributed by atoms with Crippen molar-refractivity contribution in [1.29, 1.82) is 0 Å². The van der Waals surface area contributed by atoms with Crippen LogP contribution in [0.1, 0.15) is 13.3 Å². The van der Waals surface area contributed by atoms with Crippen LogP contribution in [-0.4, -0.2) is 14.4 Å². The van der Waals surface area contributed by atoms with E-state index in [9.17, 15) is 13.8 Å². The fourth-order valence-corrected chi connectivity index (χ4v) is 1.78. The lowest BCUT2D eigenvalue weighted by molar-refractivity contribution is -0.115. The third-order valence-electron chi connectivity index (χ3n) is 1.26.